The summed E-state index contributed by atoms with van der Waals surface area (Å²) in [6.07, 6.45) is 0. The standard InChI is InChI=1S/C18H12Si2/c19-11-9-17-13-5-1-2-6-14(13)18(10-12-20)16-8-4-3-7-15(16)17/h1,3,5-8H,19-20H3. The average molecular weight is 284 g/mol. The predicted molar refractivity (Wildman–Crippen MR) is 92.8 cm³/mol. The van der Waals surface area contributed by atoms with Gasteiger partial charge in [-0.05, 0) is 45.8 Å². The molecule has 0 saturated carbocycles. The van der Waals surface area contributed by atoms with Crippen LogP contribution in [0.5, 0.6) is 0 Å². The summed E-state index contributed by atoms with van der Waals surface area (Å²) in [5.41, 5.74) is 8.50. The van der Waals surface area contributed by atoms with E-state index in [0.29, 0.717) is 0 Å². The van der Waals surface area contributed by atoms with Crippen molar-refractivity contribution in [2.45, 2.75) is 0 Å². The topological polar surface area (TPSA) is 0 Å². The zero-order chi connectivity index (χ0) is 13.9. The lowest BCUT2D eigenvalue weighted by Gasteiger charge is -2.10. The van der Waals surface area contributed by atoms with Gasteiger partial charge in [0.25, 0.3) is 0 Å². The molecule has 0 heterocycles. The van der Waals surface area contributed by atoms with Gasteiger partial charge in [-0.15, -0.1) is 11.1 Å². The van der Waals surface area contributed by atoms with E-state index >= 15 is 0 Å². The molecule has 3 aromatic carbocycles. The maximum absolute atomic E-state index is 3.31. The van der Waals surface area contributed by atoms with E-state index in [9.17, 15) is 0 Å². The van der Waals surface area contributed by atoms with Crippen LogP contribution in [-0.2, 0) is 0 Å². The maximum Gasteiger partial charge on any atom is 0.0911 e. The zero-order valence-corrected chi connectivity index (χ0v) is 15.5. The van der Waals surface area contributed by atoms with Gasteiger partial charge in [0.1, 0.15) is 0 Å². The molecule has 20 heavy (non-hydrogen) atoms. The molecule has 0 atom stereocenters. The first-order valence-electron chi connectivity index (χ1n) is 6.48. The number of rotatable bonds is 0. The van der Waals surface area contributed by atoms with E-state index in [-0.39, 0.29) is 0 Å². The van der Waals surface area contributed by atoms with Crippen LogP contribution in [0.3, 0.4) is 0 Å². The minimum atomic E-state index is 0.871. The van der Waals surface area contributed by atoms with Crippen LogP contribution in [0.2, 0.25) is 0 Å². The van der Waals surface area contributed by atoms with E-state index in [1.54, 1.807) is 0 Å². The SMILES string of the molecule is [SiH3]C#Cc1c2c[c]ccc2c(C#C[SiH3])c2cc[c]cc12. The highest BCUT2D eigenvalue weighted by Crippen LogP contribution is 2.31. The van der Waals surface area contributed by atoms with Crippen LogP contribution in [0.4, 0.5) is 0 Å². The molecule has 0 aliphatic heterocycles. The van der Waals surface area contributed by atoms with Gasteiger partial charge in [0.2, 0.25) is 0 Å². The molecule has 0 fully saturated rings. The molecule has 0 unspecified atom stereocenters. The Morgan fingerprint density at radius 2 is 1.15 bits per heavy atom. The van der Waals surface area contributed by atoms with Crippen LogP contribution in [0.1, 0.15) is 11.1 Å². The fourth-order valence-corrected chi connectivity index (χ4v) is 3.02. The van der Waals surface area contributed by atoms with Crippen molar-refractivity contribution < 1.29 is 0 Å². The third kappa shape index (κ3) is 1.96. The van der Waals surface area contributed by atoms with Crippen LogP contribution in [0.15, 0.2) is 36.4 Å². The fraction of sp³-hybridized carbons (Fsp3) is 0. The van der Waals surface area contributed by atoms with Crippen molar-refractivity contribution >= 4 is 42.0 Å². The lowest BCUT2D eigenvalue weighted by atomic mass is 9.92. The van der Waals surface area contributed by atoms with Gasteiger partial charge in [0, 0.05) is 11.1 Å². The molecule has 0 spiro atoms. The molecule has 0 amide bonds. The average Bonchev–Trinajstić information content (AvgIpc) is 2.50. The smallest absolute Gasteiger partial charge is 0.0911 e. The number of benzene rings is 3. The third-order valence-electron chi connectivity index (χ3n) is 3.31. The van der Waals surface area contributed by atoms with Crippen molar-refractivity contribution in [1.82, 2.24) is 0 Å². The highest BCUT2D eigenvalue weighted by Gasteiger charge is 2.10. The molecule has 92 valence electrons. The summed E-state index contributed by atoms with van der Waals surface area (Å²) >= 11 is 0. The summed E-state index contributed by atoms with van der Waals surface area (Å²) in [5, 5.41) is 4.63. The molecule has 2 heteroatoms. The Morgan fingerprint density at radius 1 is 0.700 bits per heavy atom. The molecule has 0 aliphatic rings. The second kappa shape index (κ2) is 5.39. The summed E-state index contributed by atoms with van der Waals surface area (Å²) in [6.45, 7) is 0. The van der Waals surface area contributed by atoms with Crippen molar-refractivity contribution in [2.24, 2.45) is 0 Å². The first kappa shape index (κ1) is 12.8. The van der Waals surface area contributed by atoms with Gasteiger partial charge in [-0.2, -0.15) is 0 Å². The van der Waals surface area contributed by atoms with E-state index < -0.39 is 0 Å². The van der Waals surface area contributed by atoms with Gasteiger partial charge >= 0.3 is 0 Å². The third-order valence-corrected chi connectivity index (χ3v) is 3.81. The monoisotopic (exact) mass is 284 g/mol. The molecule has 0 aliphatic carbocycles. The minimum absolute atomic E-state index is 0.871. The second-order valence-corrected chi connectivity index (χ2v) is 5.44. The Labute approximate surface area is 125 Å². The molecule has 3 aromatic rings. The summed E-state index contributed by atoms with van der Waals surface area (Å²) < 4.78 is 0. The summed E-state index contributed by atoms with van der Waals surface area (Å²) in [7, 11) is 1.75. The lowest BCUT2D eigenvalue weighted by Crippen LogP contribution is -1.90. The molecule has 2 radical (unpaired) electrons. The number of hydrogen-bond donors (Lipinski definition) is 0. The summed E-state index contributed by atoms with van der Waals surface area (Å²) in [5.74, 6) is 6.60. The Kier molecular flexibility index (Phi) is 3.43. The van der Waals surface area contributed by atoms with Crippen molar-refractivity contribution in [3.05, 3.63) is 59.7 Å². The van der Waals surface area contributed by atoms with Crippen LogP contribution in [-0.4, -0.2) is 20.5 Å². The normalized spacial score (nSPS) is 10.0. The highest BCUT2D eigenvalue weighted by molar-refractivity contribution is 6.24. The molecule has 3 rings (SSSR count). The summed E-state index contributed by atoms with van der Waals surface area (Å²) in [4.78, 5) is 0. The van der Waals surface area contributed by atoms with Crippen LogP contribution in [0, 0.1) is 35.1 Å². The number of hydrogen-bond acceptors (Lipinski definition) is 0. The Bertz CT molecular complexity index is 797. The second-order valence-electron chi connectivity index (χ2n) is 4.44. The van der Waals surface area contributed by atoms with Gasteiger partial charge in [-0.3, -0.25) is 0 Å². The fourth-order valence-electron chi connectivity index (χ4n) is 2.52. The predicted octanol–water partition coefficient (Wildman–Crippen LogP) is 0.942. The van der Waals surface area contributed by atoms with E-state index in [1.165, 1.54) is 10.8 Å². The van der Waals surface area contributed by atoms with Gasteiger partial charge in [-0.25, -0.2) is 0 Å². The van der Waals surface area contributed by atoms with Gasteiger partial charge in [0.05, 0.1) is 20.5 Å². The Hall–Kier alpha value is -2.27. The van der Waals surface area contributed by atoms with Crippen molar-refractivity contribution in [2.75, 3.05) is 0 Å². The Morgan fingerprint density at radius 3 is 1.60 bits per heavy atom. The quantitative estimate of drug-likeness (QED) is 0.327. The van der Waals surface area contributed by atoms with Crippen LogP contribution < -0.4 is 0 Å². The van der Waals surface area contributed by atoms with Gasteiger partial charge in [0.15, 0.2) is 0 Å². The molecular weight excluding hydrogens is 272 g/mol. The molecule has 0 aromatic heterocycles. The van der Waals surface area contributed by atoms with Gasteiger partial charge < -0.3 is 0 Å². The molecular formula is C18H12Si2. The first-order valence-corrected chi connectivity index (χ1v) is 8.48. The van der Waals surface area contributed by atoms with Crippen LogP contribution in [0.25, 0.3) is 21.5 Å². The van der Waals surface area contributed by atoms with Crippen molar-refractivity contribution in [3.63, 3.8) is 0 Å². The van der Waals surface area contributed by atoms with E-state index in [1.807, 2.05) is 24.3 Å². The largest absolute Gasteiger partial charge is 0.138 e. The summed E-state index contributed by atoms with van der Waals surface area (Å²) in [6, 6.07) is 18.4. The van der Waals surface area contributed by atoms with E-state index in [0.717, 1.165) is 42.4 Å². The molecule has 0 bridgehead atoms. The van der Waals surface area contributed by atoms with Crippen molar-refractivity contribution in [3.8, 4) is 22.9 Å². The zero-order valence-electron chi connectivity index (χ0n) is 11.5. The lowest BCUT2D eigenvalue weighted by molar-refractivity contribution is 1.70. The van der Waals surface area contributed by atoms with E-state index in [4.69, 9.17) is 0 Å². The first-order chi connectivity index (χ1) is 9.86. The van der Waals surface area contributed by atoms with Gasteiger partial charge in [-0.1, -0.05) is 36.1 Å². The van der Waals surface area contributed by atoms with Crippen molar-refractivity contribution in [1.29, 1.82) is 0 Å². The maximum atomic E-state index is 3.31. The van der Waals surface area contributed by atoms with E-state index in [2.05, 4.69) is 47.2 Å². The Balaban J connectivity index is 2.66. The van der Waals surface area contributed by atoms with Crippen LogP contribution >= 0.6 is 0 Å². The highest BCUT2D eigenvalue weighted by atomic mass is 28.1. The molecule has 0 nitrogen and oxygen atoms in total. The molecule has 0 N–H and O–H groups in total. The molecule has 0 saturated heterocycles. The number of fused-ring (bicyclic) bond motifs is 2. The minimum Gasteiger partial charge on any atom is -0.138 e.